The highest BCUT2D eigenvalue weighted by molar-refractivity contribution is 9.10. The molecule has 4 aromatic rings. The van der Waals surface area contributed by atoms with Gasteiger partial charge in [0.1, 0.15) is 5.82 Å². The van der Waals surface area contributed by atoms with Crippen LogP contribution in [-0.2, 0) is 13.0 Å². The molecule has 0 saturated carbocycles. The van der Waals surface area contributed by atoms with E-state index in [1.165, 1.54) is 11.3 Å². The van der Waals surface area contributed by atoms with E-state index < -0.39 is 5.97 Å². The lowest BCUT2D eigenvalue weighted by Crippen LogP contribution is -2.33. The number of thiazole rings is 1. The minimum absolute atomic E-state index is 0.0323. The summed E-state index contributed by atoms with van der Waals surface area (Å²) in [6, 6.07) is 17.0. The molecule has 0 fully saturated rings. The number of carbonyl (C=O) groups is 2. The van der Waals surface area contributed by atoms with Crippen LogP contribution in [0, 0.1) is 0 Å². The van der Waals surface area contributed by atoms with Gasteiger partial charge in [0.2, 0.25) is 0 Å². The molecule has 0 aliphatic carbocycles. The van der Waals surface area contributed by atoms with Crippen molar-refractivity contribution < 1.29 is 14.7 Å². The summed E-state index contributed by atoms with van der Waals surface area (Å²) in [5, 5.41) is 12.9. The molecule has 32 heavy (non-hydrogen) atoms. The number of para-hydroxylation sites is 1. The summed E-state index contributed by atoms with van der Waals surface area (Å²) in [7, 11) is 0. The highest BCUT2D eigenvalue weighted by Gasteiger charge is 2.24. The third-order valence-electron chi connectivity index (χ3n) is 5.39. The zero-order valence-corrected chi connectivity index (χ0v) is 19.1. The number of hydrogen-bond acceptors (Lipinski definition) is 6. The first-order valence-corrected chi connectivity index (χ1v) is 11.5. The molecule has 2 aromatic carbocycles. The van der Waals surface area contributed by atoms with E-state index in [-0.39, 0.29) is 11.6 Å². The fourth-order valence-electron chi connectivity index (χ4n) is 3.84. The van der Waals surface area contributed by atoms with E-state index in [1.807, 2.05) is 47.4 Å². The third kappa shape index (κ3) is 3.85. The summed E-state index contributed by atoms with van der Waals surface area (Å²) in [6.45, 7) is 1.15. The maximum absolute atomic E-state index is 13.1. The molecule has 0 saturated heterocycles. The number of amides is 1. The number of benzene rings is 2. The predicted molar refractivity (Wildman–Crippen MR) is 128 cm³/mol. The Morgan fingerprint density at radius 2 is 1.91 bits per heavy atom. The lowest BCUT2D eigenvalue weighted by Gasteiger charge is -2.31. The van der Waals surface area contributed by atoms with Crippen LogP contribution < -0.4 is 10.2 Å². The smallest absolute Gasteiger partial charge is 0.355 e. The molecule has 0 radical (unpaired) electrons. The summed E-state index contributed by atoms with van der Waals surface area (Å²) >= 11 is 4.67. The van der Waals surface area contributed by atoms with Crippen molar-refractivity contribution in [3.05, 3.63) is 81.5 Å². The normalized spacial score (nSPS) is 13.1. The van der Waals surface area contributed by atoms with Crippen molar-refractivity contribution in [3.8, 4) is 0 Å². The summed E-state index contributed by atoms with van der Waals surface area (Å²) in [4.78, 5) is 35.4. The number of hydrogen-bond donors (Lipinski definition) is 2. The number of rotatable bonds is 4. The number of carboxylic acids is 1. The van der Waals surface area contributed by atoms with Crippen molar-refractivity contribution in [2.75, 3.05) is 16.8 Å². The first kappa shape index (κ1) is 20.6. The van der Waals surface area contributed by atoms with E-state index in [4.69, 9.17) is 0 Å². The number of pyridine rings is 1. The predicted octanol–water partition coefficient (Wildman–Crippen LogP) is 4.97. The Balaban J connectivity index is 1.43. The zero-order valence-electron chi connectivity index (χ0n) is 16.7. The average Bonchev–Trinajstić information content (AvgIpc) is 3.20. The minimum atomic E-state index is -1.09. The van der Waals surface area contributed by atoms with Crippen molar-refractivity contribution in [1.82, 2.24) is 9.97 Å². The van der Waals surface area contributed by atoms with Gasteiger partial charge in [-0.2, -0.15) is 0 Å². The van der Waals surface area contributed by atoms with E-state index in [1.54, 1.807) is 12.1 Å². The molecule has 2 aromatic heterocycles. The molecule has 0 atom stereocenters. The molecule has 5 rings (SSSR count). The molecule has 0 bridgehead atoms. The Bertz CT molecular complexity index is 1340. The summed E-state index contributed by atoms with van der Waals surface area (Å²) in [5.41, 5.74) is 3.43. The van der Waals surface area contributed by atoms with Gasteiger partial charge in [0, 0.05) is 18.7 Å². The van der Waals surface area contributed by atoms with Crippen LogP contribution in [-0.4, -0.2) is 33.5 Å². The molecular formula is C23H17BrN4O3S. The Kier molecular flexibility index (Phi) is 5.36. The third-order valence-corrected chi connectivity index (χ3v) is 6.98. The zero-order chi connectivity index (χ0) is 22.2. The molecular weight excluding hydrogens is 492 g/mol. The van der Waals surface area contributed by atoms with Crippen LogP contribution in [0.2, 0.25) is 0 Å². The van der Waals surface area contributed by atoms with Gasteiger partial charge < -0.3 is 10.0 Å². The van der Waals surface area contributed by atoms with Crippen molar-refractivity contribution in [2.24, 2.45) is 0 Å². The summed E-state index contributed by atoms with van der Waals surface area (Å²) in [5.74, 6) is -0.734. The van der Waals surface area contributed by atoms with Crippen molar-refractivity contribution in [1.29, 1.82) is 0 Å². The second kappa shape index (κ2) is 8.33. The monoisotopic (exact) mass is 508 g/mol. The van der Waals surface area contributed by atoms with E-state index in [9.17, 15) is 14.7 Å². The molecule has 1 aliphatic heterocycles. The van der Waals surface area contributed by atoms with Crippen molar-refractivity contribution in [2.45, 2.75) is 13.0 Å². The minimum Gasteiger partial charge on any atom is -0.476 e. The Morgan fingerprint density at radius 3 is 2.72 bits per heavy atom. The van der Waals surface area contributed by atoms with Gasteiger partial charge in [0.25, 0.3) is 5.91 Å². The van der Waals surface area contributed by atoms with Gasteiger partial charge in [-0.1, -0.05) is 35.6 Å². The second-order valence-electron chi connectivity index (χ2n) is 7.36. The molecule has 160 valence electrons. The number of carbonyl (C=O) groups excluding carboxylic acids is 1. The summed E-state index contributed by atoms with van der Waals surface area (Å²) < 4.78 is 1.45. The molecule has 1 aliphatic rings. The van der Waals surface area contributed by atoms with Crippen LogP contribution in [0.1, 0.15) is 32.0 Å². The molecule has 0 spiro atoms. The largest absolute Gasteiger partial charge is 0.476 e. The van der Waals surface area contributed by atoms with Crippen LogP contribution in [0.3, 0.4) is 0 Å². The standard InChI is InChI=1S/C23H17BrN4O3S/c24-16-8-9-19(26-20(16)22(30)31)28-11-10-13-4-3-5-14(15(13)12-28)21(29)27-23-25-17-6-1-2-7-18(17)32-23/h1-9H,10-12H2,(H,30,31)(H,25,27,29). The maximum atomic E-state index is 13.1. The number of aromatic nitrogens is 2. The van der Waals surface area contributed by atoms with Crippen LogP contribution >= 0.6 is 27.3 Å². The number of nitrogens with one attached hydrogen (secondary N) is 1. The van der Waals surface area contributed by atoms with E-state index in [0.29, 0.717) is 34.1 Å². The maximum Gasteiger partial charge on any atom is 0.355 e. The van der Waals surface area contributed by atoms with Crippen molar-refractivity contribution in [3.63, 3.8) is 0 Å². The van der Waals surface area contributed by atoms with Gasteiger partial charge >= 0.3 is 5.97 Å². The van der Waals surface area contributed by atoms with Crippen LogP contribution in [0.4, 0.5) is 10.9 Å². The van der Waals surface area contributed by atoms with Crippen LogP contribution in [0.25, 0.3) is 10.2 Å². The van der Waals surface area contributed by atoms with E-state index in [0.717, 1.165) is 27.8 Å². The molecule has 9 heteroatoms. The van der Waals surface area contributed by atoms with E-state index >= 15 is 0 Å². The summed E-state index contributed by atoms with van der Waals surface area (Å²) in [6.07, 6.45) is 0.734. The fourth-order valence-corrected chi connectivity index (χ4v) is 5.09. The first-order chi connectivity index (χ1) is 15.5. The molecule has 2 N–H and O–H groups in total. The van der Waals surface area contributed by atoms with Crippen molar-refractivity contribution >= 4 is 60.3 Å². The van der Waals surface area contributed by atoms with Gasteiger partial charge in [0.15, 0.2) is 10.8 Å². The number of nitrogens with zero attached hydrogens (tertiary/aromatic N) is 3. The highest BCUT2D eigenvalue weighted by atomic mass is 79.9. The number of aromatic carboxylic acids is 1. The number of carboxylic acid groups (broad SMARTS) is 1. The molecule has 7 nitrogen and oxygen atoms in total. The first-order valence-electron chi connectivity index (χ1n) is 9.92. The quantitative estimate of drug-likeness (QED) is 0.404. The Hall–Kier alpha value is -3.30. The number of anilines is 2. The number of fused-ring (bicyclic) bond motifs is 2. The average molecular weight is 509 g/mol. The Labute approximate surface area is 195 Å². The molecule has 1 amide bonds. The highest BCUT2D eigenvalue weighted by Crippen LogP contribution is 2.30. The van der Waals surface area contributed by atoms with Gasteiger partial charge in [-0.05, 0) is 63.8 Å². The lowest BCUT2D eigenvalue weighted by molar-refractivity contribution is 0.0689. The van der Waals surface area contributed by atoms with Gasteiger partial charge in [-0.15, -0.1) is 0 Å². The van der Waals surface area contributed by atoms with Crippen LogP contribution in [0.5, 0.6) is 0 Å². The van der Waals surface area contributed by atoms with Crippen LogP contribution in [0.15, 0.2) is 59.1 Å². The topological polar surface area (TPSA) is 95.4 Å². The second-order valence-corrected chi connectivity index (χ2v) is 9.25. The SMILES string of the molecule is O=C(Nc1nc2ccccc2s1)c1cccc2c1CN(c1ccc(Br)c(C(=O)O)n1)CC2. The fraction of sp³-hybridized carbons (Fsp3) is 0.130. The molecule has 3 heterocycles. The van der Waals surface area contributed by atoms with E-state index in [2.05, 4.69) is 31.2 Å². The van der Waals surface area contributed by atoms with Gasteiger partial charge in [-0.25, -0.2) is 14.8 Å². The van der Waals surface area contributed by atoms with Gasteiger partial charge in [-0.3, -0.25) is 10.1 Å². The Morgan fingerprint density at radius 1 is 1.06 bits per heavy atom. The molecule has 0 unspecified atom stereocenters. The number of halogens is 1. The van der Waals surface area contributed by atoms with Gasteiger partial charge in [0.05, 0.1) is 14.7 Å². The lowest BCUT2D eigenvalue weighted by atomic mass is 9.94.